The summed E-state index contributed by atoms with van der Waals surface area (Å²) in [6, 6.07) is 0. The lowest BCUT2D eigenvalue weighted by molar-refractivity contribution is -0.225. The summed E-state index contributed by atoms with van der Waals surface area (Å²) in [6.07, 6.45) is 36.2. The average Bonchev–Trinajstić information content (AvgIpc) is 3.44. The van der Waals surface area contributed by atoms with Gasteiger partial charge in [-0.3, -0.25) is 0 Å². The minimum absolute atomic E-state index is 0.0236. The first-order valence-corrected chi connectivity index (χ1v) is 16.5. The average molecular weight is 601 g/mol. The van der Waals surface area contributed by atoms with Gasteiger partial charge < -0.3 is 10.2 Å². The third kappa shape index (κ3) is 5.24. The quantitative estimate of drug-likeness (QED) is 0.268. The third-order valence-corrected chi connectivity index (χ3v) is 13.6. The van der Waals surface area contributed by atoms with Crippen LogP contribution >= 0.6 is 0 Å². The Kier molecular flexibility index (Phi) is 10.7. The highest BCUT2D eigenvalue weighted by atomic mass is 16.4. The van der Waals surface area contributed by atoms with Crippen molar-refractivity contribution in [1.82, 2.24) is 9.97 Å². The lowest BCUT2D eigenvalue weighted by Crippen LogP contribution is -2.65. The molecule has 0 aliphatic heterocycles. The van der Waals surface area contributed by atoms with Gasteiger partial charge in [-0.05, 0) is 121 Å². The summed E-state index contributed by atoms with van der Waals surface area (Å²) >= 11 is 0. The number of aliphatic hydroxyl groups is 1. The van der Waals surface area contributed by atoms with Gasteiger partial charge in [0, 0.05) is 24.6 Å². The zero-order valence-electron chi connectivity index (χ0n) is 28.1. The van der Waals surface area contributed by atoms with E-state index in [-0.39, 0.29) is 22.1 Å². The van der Waals surface area contributed by atoms with Crippen molar-refractivity contribution < 1.29 is 15.0 Å². The van der Waals surface area contributed by atoms with Crippen LogP contribution in [-0.4, -0.2) is 32.8 Å². The number of aromatic carboxylic acids is 1. The van der Waals surface area contributed by atoms with Gasteiger partial charge in [-0.2, -0.15) is 0 Å². The topological polar surface area (TPSA) is 83.3 Å². The smallest absolute Gasteiger partial charge is 0.373 e. The number of carbonyl (C=O) groups is 1. The summed E-state index contributed by atoms with van der Waals surface area (Å²) in [4.78, 5) is 19.6. The van der Waals surface area contributed by atoms with Crippen LogP contribution in [0.2, 0.25) is 0 Å². The molecule has 0 bridgehead atoms. The molecule has 0 amide bonds. The van der Waals surface area contributed by atoms with E-state index in [9.17, 15) is 15.0 Å². The molecule has 5 nitrogen and oxygen atoms in total. The minimum Gasteiger partial charge on any atom is -0.475 e. The predicted molar refractivity (Wildman–Crippen MR) is 180 cm³/mol. The Labute approximate surface area is 267 Å². The number of hydrogen-bond acceptors (Lipinski definition) is 4. The second-order valence-corrected chi connectivity index (χ2v) is 15.2. The molecule has 1 aromatic heterocycles. The number of carboxylic acid groups (broad SMARTS) is 1. The summed E-state index contributed by atoms with van der Waals surface area (Å²) < 4.78 is 0. The number of terminal acetylenes is 2. The number of hydrogen-bond donors (Lipinski definition) is 2. The first kappa shape index (κ1) is 35.6. The van der Waals surface area contributed by atoms with Crippen LogP contribution in [0.15, 0.2) is 31.1 Å². The van der Waals surface area contributed by atoms with Crippen LogP contribution in [0.25, 0.3) is 5.57 Å². The van der Waals surface area contributed by atoms with Gasteiger partial charge in [-0.25, -0.2) is 14.8 Å². The molecule has 3 unspecified atom stereocenters. The number of rotatable bonds is 3. The van der Waals surface area contributed by atoms with Crippen LogP contribution in [0.4, 0.5) is 0 Å². The van der Waals surface area contributed by atoms with Gasteiger partial charge in [0.1, 0.15) is 0 Å². The van der Waals surface area contributed by atoms with E-state index in [1.165, 1.54) is 63.4 Å². The zero-order chi connectivity index (χ0) is 33.1. The predicted octanol–water partition coefficient (Wildman–Crippen LogP) is 8.71. The van der Waals surface area contributed by atoms with Crippen molar-refractivity contribution in [3.05, 3.63) is 42.5 Å². The van der Waals surface area contributed by atoms with E-state index in [4.69, 9.17) is 0 Å². The Hall–Kier alpha value is -2.89. The molecule has 2 N–H and O–H groups in total. The Morgan fingerprint density at radius 2 is 1.52 bits per heavy atom. The molecule has 4 saturated carbocycles. The highest BCUT2D eigenvalue weighted by molar-refractivity contribution is 5.83. The first-order valence-electron chi connectivity index (χ1n) is 16.5. The van der Waals surface area contributed by atoms with Gasteiger partial charge in [-0.15, -0.1) is 32.3 Å². The molecule has 0 aromatic carbocycles. The molecule has 0 saturated heterocycles. The maximum Gasteiger partial charge on any atom is 0.373 e. The molecule has 8 atom stereocenters. The second-order valence-electron chi connectivity index (χ2n) is 15.2. The molecule has 240 valence electrons. The summed E-state index contributed by atoms with van der Waals surface area (Å²) in [6.45, 7) is 18.4. The van der Waals surface area contributed by atoms with Crippen molar-refractivity contribution >= 4 is 11.5 Å². The first-order chi connectivity index (χ1) is 20.8. The summed E-state index contributed by atoms with van der Waals surface area (Å²) in [5, 5.41) is 19.7. The van der Waals surface area contributed by atoms with Crippen LogP contribution in [0.1, 0.15) is 122 Å². The number of fused-ring (bicyclic) bond motifs is 7. The molecule has 1 heterocycles. The van der Waals surface area contributed by atoms with E-state index >= 15 is 0 Å². The Morgan fingerprint density at radius 1 is 0.909 bits per heavy atom. The normalized spacial score (nSPS) is 39.2. The summed E-state index contributed by atoms with van der Waals surface area (Å²) in [5.41, 5.74) is 3.37. The molecule has 5 aliphatic carbocycles. The summed E-state index contributed by atoms with van der Waals surface area (Å²) in [5.74, 6) is 1.52. The van der Waals surface area contributed by atoms with Gasteiger partial charge in [-0.1, -0.05) is 53.2 Å². The molecule has 4 fully saturated rings. The highest BCUT2D eigenvalue weighted by Crippen LogP contribution is 2.76. The lowest BCUT2D eigenvalue weighted by Gasteiger charge is -2.72. The molecule has 44 heavy (non-hydrogen) atoms. The van der Waals surface area contributed by atoms with E-state index in [2.05, 4.69) is 82.9 Å². The van der Waals surface area contributed by atoms with Gasteiger partial charge in [0.05, 0.1) is 0 Å². The van der Waals surface area contributed by atoms with E-state index in [0.29, 0.717) is 35.2 Å². The fourth-order valence-electron chi connectivity index (χ4n) is 11.7. The maximum absolute atomic E-state index is 11.3. The van der Waals surface area contributed by atoms with Gasteiger partial charge >= 0.3 is 5.97 Å². The van der Waals surface area contributed by atoms with Gasteiger partial charge in [0.2, 0.25) is 5.82 Å². The maximum atomic E-state index is 11.3. The molecule has 1 aromatic rings. The Bertz CT molecular complexity index is 1250. The minimum atomic E-state index is -1.08. The number of carboxylic acids is 1. The number of aromatic nitrogens is 2. The van der Waals surface area contributed by atoms with Crippen LogP contribution in [0.5, 0.6) is 0 Å². The van der Waals surface area contributed by atoms with Crippen LogP contribution in [0, 0.1) is 76.4 Å². The molecule has 5 aliphatic rings. The number of nitrogens with zero attached hydrogens (tertiary/aromatic N) is 2. The molecule has 0 spiro atoms. The van der Waals surface area contributed by atoms with E-state index in [0.717, 1.165) is 17.9 Å². The second kappa shape index (κ2) is 13.2. The van der Waals surface area contributed by atoms with Gasteiger partial charge in [0.15, 0.2) is 0 Å². The standard InChI is InChI=1S/C32H46N2O3.C3H6.2C2H2/c1-28(2)21(20-17-33-26(27(36)37)34-18-20)10-13-29(3)24(28)11-14-31(5)25(29)9-8-22-23-7-6-12-32(23,19-35)16-15-30(22,31)4;1-3-2;2*1-2/h10,17-18,22-25,35H,6-9,11-16,19H2,1-5H3,(H,36,37);3H,1H2,2H3;2*1-2H/t22-,23?,24?,25?,29+,30-,31-,32-;;;/m1.../s1. The monoisotopic (exact) mass is 600 g/mol. The van der Waals surface area contributed by atoms with Crippen LogP contribution in [0.3, 0.4) is 0 Å². The fourth-order valence-corrected chi connectivity index (χ4v) is 11.7. The molecule has 0 radical (unpaired) electrons. The molecular formula is C39H56N2O3. The van der Waals surface area contributed by atoms with Crippen LogP contribution in [-0.2, 0) is 0 Å². The molecular weight excluding hydrogens is 544 g/mol. The van der Waals surface area contributed by atoms with Crippen molar-refractivity contribution in [2.24, 2.45) is 50.7 Å². The fraction of sp³-hybridized carbons (Fsp3) is 0.667. The largest absolute Gasteiger partial charge is 0.475 e. The van der Waals surface area contributed by atoms with Crippen LogP contribution < -0.4 is 0 Å². The zero-order valence-corrected chi connectivity index (χ0v) is 28.1. The van der Waals surface area contributed by atoms with Crippen molar-refractivity contribution in [3.8, 4) is 25.7 Å². The van der Waals surface area contributed by atoms with Crippen molar-refractivity contribution in [2.45, 2.75) is 106 Å². The summed E-state index contributed by atoms with van der Waals surface area (Å²) in [7, 11) is 0. The van der Waals surface area contributed by atoms with Crippen molar-refractivity contribution in [3.63, 3.8) is 0 Å². The van der Waals surface area contributed by atoms with Crippen molar-refractivity contribution in [1.29, 1.82) is 0 Å². The van der Waals surface area contributed by atoms with Gasteiger partial charge in [0.25, 0.3) is 0 Å². The number of allylic oxidation sites excluding steroid dienone is 3. The van der Waals surface area contributed by atoms with E-state index in [1.54, 1.807) is 18.5 Å². The molecule has 5 heteroatoms. The third-order valence-electron chi connectivity index (χ3n) is 13.6. The Morgan fingerprint density at radius 3 is 2.09 bits per heavy atom. The highest BCUT2D eigenvalue weighted by Gasteiger charge is 2.69. The van der Waals surface area contributed by atoms with Crippen molar-refractivity contribution in [2.75, 3.05) is 6.61 Å². The molecule has 6 rings (SSSR count). The lowest BCUT2D eigenvalue weighted by atomic mass is 9.33. The Balaban J connectivity index is 0.000000701. The SMILES string of the molecule is C#C.C#C.C=CC.CC1(C)C(c2cnc(C(=O)O)nc2)=CC[C@@]2(C)C1CC[C@]1(C)C2CC[C@@H]2C3CCC[C@]3(CO)CC[C@]21C. The van der Waals surface area contributed by atoms with E-state index < -0.39 is 5.97 Å². The number of aliphatic hydroxyl groups excluding tert-OH is 1. The van der Waals surface area contributed by atoms with E-state index in [1.807, 2.05) is 6.92 Å².